The van der Waals surface area contributed by atoms with Gasteiger partial charge in [0.2, 0.25) is 5.82 Å². The number of carbonyl (C=O) groups excluding carboxylic acids is 1. The molecule has 2 atom stereocenters. The molecule has 8 nitrogen and oxygen atoms in total. The first-order valence-electron chi connectivity index (χ1n) is 13.9. The van der Waals surface area contributed by atoms with Crippen molar-refractivity contribution >= 4 is 27.1 Å². The molecule has 1 N–H and O–H groups in total. The largest absolute Gasteiger partial charge is 0.451 e. The van der Waals surface area contributed by atoms with Crippen LogP contribution in [0.25, 0.3) is 0 Å². The van der Waals surface area contributed by atoms with Crippen LogP contribution in [-0.4, -0.2) is 54.1 Å². The van der Waals surface area contributed by atoms with E-state index in [1.807, 2.05) is 19.9 Å². The fourth-order valence-corrected chi connectivity index (χ4v) is 7.83. The normalized spacial score (nSPS) is 19.8. The van der Waals surface area contributed by atoms with E-state index >= 15 is 0 Å². The molecule has 2 aliphatic rings. The zero-order valence-corrected chi connectivity index (χ0v) is 25.2. The molecule has 0 aliphatic carbocycles. The molecule has 226 valence electrons. The van der Waals surface area contributed by atoms with Crippen molar-refractivity contribution in [2.45, 2.75) is 75.4 Å². The van der Waals surface area contributed by atoms with Crippen LogP contribution in [0.1, 0.15) is 76.7 Å². The van der Waals surface area contributed by atoms with Gasteiger partial charge in [-0.15, -0.1) is 11.3 Å². The fourth-order valence-electron chi connectivity index (χ4n) is 5.65. The van der Waals surface area contributed by atoms with Crippen LogP contribution in [0.2, 0.25) is 0 Å². The average molecular weight is 623 g/mol. The number of halogens is 3. The zero-order valence-electron chi connectivity index (χ0n) is 23.6. The lowest BCUT2D eigenvalue weighted by Gasteiger charge is -2.47. The van der Waals surface area contributed by atoms with E-state index < -0.39 is 27.4 Å². The lowest BCUT2D eigenvalue weighted by atomic mass is 9.83. The van der Waals surface area contributed by atoms with Gasteiger partial charge in [-0.1, -0.05) is 19.1 Å². The summed E-state index contributed by atoms with van der Waals surface area (Å²) >= 11 is 1.44. The summed E-state index contributed by atoms with van der Waals surface area (Å²) < 4.78 is 69.3. The second kappa shape index (κ2) is 11.7. The van der Waals surface area contributed by atoms with Gasteiger partial charge in [-0.25, -0.2) is 18.4 Å². The monoisotopic (exact) mass is 622 g/mol. The van der Waals surface area contributed by atoms with Crippen molar-refractivity contribution < 1.29 is 31.1 Å². The van der Waals surface area contributed by atoms with Gasteiger partial charge in [0.25, 0.3) is 5.91 Å². The number of likely N-dealkylation sites (tertiary alicyclic amines) is 1. The van der Waals surface area contributed by atoms with Crippen LogP contribution >= 0.6 is 11.3 Å². The van der Waals surface area contributed by atoms with E-state index in [1.165, 1.54) is 23.7 Å². The number of aromatic nitrogens is 2. The molecule has 0 saturated carbocycles. The van der Waals surface area contributed by atoms with Gasteiger partial charge in [0.1, 0.15) is 5.60 Å². The van der Waals surface area contributed by atoms with Crippen LogP contribution in [0.15, 0.2) is 47.6 Å². The van der Waals surface area contributed by atoms with Crippen molar-refractivity contribution in [1.29, 1.82) is 0 Å². The number of ether oxygens (including phenoxy) is 1. The lowest BCUT2D eigenvalue weighted by molar-refractivity contribution is -0.145. The van der Waals surface area contributed by atoms with Crippen molar-refractivity contribution in [3.05, 3.63) is 75.0 Å². The highest BCUT2D eigenvalue weighted by Crippen LogP contribution is 2.48. The van der Waals surface area contributed by atoms with Gasteiger partial charge in [-0.05, 0) is 62.4 Å². The first-order chi connectivity index (χ1) is 19.8. The molecule has 1 amide bonds. The number of amides is 1. The van der Waals surface area contributed by atoms with Crippen LogP contribution < -0.4 is 5.32 Å². The second-order valence-electron chi connectivity index (χ2n) is 10.9. The molecule has 1 fully saturated rings. The van der Waals surface area contributed by atoms with Gasteiger partial charge in [-0.2, -0.15) is 13.2 Å². The maximum absolute atomic E-state index is 13.1. The summed E-state index contributed by atoms with van der Waals surface area (Å²) in [5, 5.41) is 2.94. The topological polar surface area (TPSA) is 101 Å². The van der Waals surface area contributed by atoms with Crippen molar-refractivity contribution in [2.75, 3.05) is 18.8 Å². The Balaban J connectivity index is 1.25. The van der Waals surface area contributed by atoms with Crippen LogP contribution in [0.4, 0.5) is 13.2 Å². The molecular formula is C29H33F3N4O4S2. The van der Waals surface area contributed by atoms with Crippen LogP contribution in [-0.2, 0) is 39.3 Å². The summed E-state index contributed by atoms with van der Waals surface area (Å²) in [4.78, 5) is 24.3. The van der Waals surface area contributed by atoms with Gasteiger partial charge in [0.15, 0.2) is 9.84 Å². The Hall–Kier alpha value is -2.87. The third-order valence-electron chi connectivity index (χ3n) is 8.06. The third-order valence-corrected chi connectivity index (χ3v) is 11.2. The van der Waals surface area contributed by atoms with Crippen LogP contribution in [0.3, 0.4) is 0 Å². The van der Waals surface area contributed by atoms with Gasteiger partial charge in [0.05, 0.1) is 21.6 Å². The number of alkyl halides is 3. The highest BCUT2D eigenvalue weighted by molar-refractivity contribution is 7.91. The van der Waals surface area contributed by atoms with Crippen molar-refractivity contribution in [3.63, 3.8) is 0 Å². The maximum Gasteiger partial charge on any atom is 0.451 e. The number of rotatable bonds is 7. The molecule has 0 radical (unpaired) electrons. The average Bonchev–Trinajstić information content (AvgIpc) is 3.41. The van der Waals surface area contributed by atoms with E-state index in [0.29, 0.717) is 42.8 Å². The molecular weight excluding hydrogens is 589 g/mol. The highest BCUT2D eigenvalue weighted by atomic mass is 32.2. The van der Waals surface area contributed by atoms with Gasteiger partial charge >= 0.3 is 6.18 Å². The number of fused-ring (bicyclic) bond motifs is 2. The Morgan fingerprint density at radius 2 is 1.83 bits per heavy atom. The van der Waals surface area contributed by atoms with Gasteiger partial charge < -0.3 is 10.1 Å². The molecule has 1 aromatic carbocycles. The number of sulfone groups is 1. The number of hydrogen-bond acceptors (Lipinski definition) is 8. The molecule has 3 aromatic rings. The number of piperidine rings is 1. The molecule has 2 aromatic heterocycles. The molecule has 4 heterocycles. The molecule has 1 saturated heterocycles. The van der Waals surface area contributed by atoms with Crippen LogP contribution in [0.5, 0.6) is 0 Å². The molecule has 0 unspecified atom stereocenters. The number of nitrogens with one attached hydrogen (secondary N) is 1. The number of benzene rings is 1. The van der Waals surface area contributed by atoms with Crippen molar-refractivity contribution in [1.82, 2.24) is 20.2 Å². The molecule has 2 aliphatic heterocycles. The number of nitrogens with zero attached hydrogens (tertiary/aromatic N) is 3. The first-order valence-corrected chi connectivity index (χ1v) is 16.3. The molecule has 42 heavy (non-hydrogen) atoms. The minimum atomic E-state index is -4.58. The van der Waals surface area contributed by atoms with Gasteiger partial charge in [-0.3, -0.25) is 9.69 Å². The lowest BCUT2D eigenvalue weighted by Crippen LogP contribution is -2.48. The smallest absolute Gasteiger partial charge is 0.366 e. The number of thiophene rings is 1. The SMILES string of the molecule is CCS(=O)(=O)c1ccc(CNC(=O)c2cc3c(s2)C2(CCN([C@@H](C)c4cnc(C(F)(F)F)nc4)CC2)O[C@@H](C)C3)cc1. The Morgan fingerprint density at radius 3 is 2.43 bits per heavy atom. The molecule has 13 heteroatoms. The highest BCUT2D eigenvalue weighted by Gasteiger charge is 2.45. The van der Waals surface area contributed by atoms with E-state index in [9.17, 15) is 26.4 Å². The summed E-state index contributed by atoms with van der Waals surface area (Å²) in [6, 6.07) is 8.32. The number of hydrogen-bond donors (Lipinski definition) is 1. The van der Waals surface area contributed by atoms with Crippen molar-refractivity contribution in [2.24, 2.45) is 0 Å². The van der Waals surface area contributed by atoms with Crippen LogP contribution in [0, 0.1) is 0 Å². The quantitative estimate of drug-likeness (QED) is 0.382. The molecule has 1 spiro atoms. The third kappa shape index (κ3) is 6.24. The minimum Gasteiger partial charge on any atom is -0.366 e. The predicted octanol–water partition coefficient (Wildman–Crippen LogP) is 5.29. The number of carbonyl (C=O) groups is 1. The summed E-state index contributed by atoms with van der Waals surface area (Å²) in [5.74, 6) is -1.32. The van der Waals surface area contributed by atoms with Crippen molar-refractivity contribution in [3.8, 4) is 0 Å². The maximum atomic E-state index is 13.1. The standard InChI is InChI=1S/C29H33F3N4O4S2/c1-4-42(38,39)23-7-5-20(6-8-23)15-33-26(37)24-14-21-13-18(2)40-28(25(21)41-24)9-11-36(12-10-28)19(3)22-16-34-27(35-17-22)29(30,31)32/h5-8,14,16-19H,4,9-13,15H2,1-3H3,(H,33,37)/t18-,19-/m0/s1. The fraction of sp³-hybridized carbons (Fsp3) is 0.483. The second-order valence-corrected chi connectivity index (χ2v) is 14.2. The van der Waals surface area contributed by atoms with Gasteiger partial charge in [0, 0.05) is 48.5 Å². The van der Waals surface area contributed by atoms with E-state index in [4.69, 9.17) is 4.74 Å². The minimum absolute atomic E-state index is 0.0202. The summed E-state index contributed by atoms with van der Waals surface area (Å²) in [5.41, 5.74) is 2.00. The Labute approximate surface area is 247 Å². The summed E-state index contributed by atoms with van der Waals surface area (Å²) in [7, 11) is -3.28. The Morgan fingerprint density at radius 1 is 1.19 bits per heavy atom. The van der Waals surface area contributed by atoms with E-state index in [1.54, 1.807) is 31.2 Å². The summed E-state index contributed by atoms with van der Waals surface area (Å²) in [6.07, 6.45) is -0.0321. The first kappa shape index (κ1) is 30.6. The van der Waals surface area contributed by atoms with E-state index in [0.717, 1.165) is 16.0 Å². The molecule has 5 rings (SSSR count). The Bertz CT molecular complexity index is 1530. The van der Waals surface area contributed by atoms with E-state index in [-0.39, 0.29) is 35.2 Å². The zero-order chi connectivity index (χ0) is 30.3. The Kier molecular flexibility index (Phi) is 8.49. The predicted molar refractivity (Wildman–Crippen MR) is 152 cm³/mol. The van der Waals surface area contributed by atoms with E-state index in [2.05, 4.69) is 20.2 Å². The summed E-state index contributed by atoms with van der Waals surface area (Å²) in [6.45, 7) is 7.16. The molecule has 0 bridgehead atoms.